The summed E-state index contributed by atoms with van der Waals surface area (Å²) >= 11 is 0. The Hall–Kier alpha value is -8.28. The standard InChI is InChI=1S/C24H19F2N5O2.C23H17F2N5O2/c1-13(31-12-29-20-23(30(2)3)27-11-28-24(20)31)22-18(14-6-4-7-15(25)10-14)21(32)19-16(26)8-5-9-17(19)33-22;1-12(30-11-29-19-22(26-2)27-10-28-23(19)30)21-17(13-5-3-6-14(24)9-13)20(31)18-15(25)7-4-8-16(18)32-21/h4-13H,1-3H3;3-12H,1-2H3,(H,26,27,28). The van der Waals surface area contributed by atoms with Gasteiger partial charge >= 0.3 is 0 Å². The molecule has 10 rings (SSSR count). The predicted octanol–water partition coefficient (Wildman–Crippen LogP) is 9.08. The number of halogens is 4. The van der Waals surface area contributed by atoms with Gasteiger partial charge < -0.3 is 28.2 Å². The summed E-state index contributed by atoms with van der Waals surface area (Å²) in [5.74, 6) is -0.770. The maximum atomic E-state index is 14.6. The fourth-order valence-corrected chi connectivity index (χ4v) is 7.88. The van der Waals surface area contributed by atoms with Crippen molar-refractivity contribution in [1.82, 2.24) is 39.0 Å². The summed E-state index contributed by atoms with van der Waals surface area (Å²) in [6.07, 6.45) is 5.98. The largest absolute Gasteiger partial charge is 0.458 e. The molecule has 1 N–H and O–H groups in total. The first kappa shape index (κ1) is 42.0. The molecule has 14 nitrogen and oxygen atoms in total. The number of fused-ring (bicyclic) bond motifs is 4. The Morgan fingerprint density at radius 3 is 1.54 bits per heavy atom. The molecule has 0 aliphatic heterocycles. The van der Waals surface area contributed by atoms with E-state index in [1.165, 1.54) is 85.5 Å². The van der Waals surface area contributed by atoms with Crippen molar-refractivity contribution in [2.75, 3.05) is 31.4 Å². The van der Waals surface area contributed by atoms with E-state index in [1.807, 2.05) is 25.9 Å². The van der Waals surface area contributed by atoms with Crippen LogP contribution in [0.5, 0.6) is 0 Å². The van der Waals surface area contributed by atoms with Crippen molar-refractivity contribution in [3.63, 3.8) is 0 Å². The Morgan fingerprint density at radius 1 is 0.600 bits per heavy atom. The van der Waals surface area contributed by atoms with Crippen LogP contribution in [0.1, 0.15) is 37.5 Å². The van der Waals surface area contributed by atoms with Gasteiger partial charge in [-0.25, -0.2) is 47.5 Å². The molecule has 4 aromatic carbocycles. The second kappa shape index (κ2) is 16.8. The zero-order valence-corrected chi connectivity index (χ0v) is 35.2. The van der Waals surface area contributed by atoms with Gasteiger partial charge in [0.1, 0.15) is 74.9 Å². The minimum atomic E-state index is -0.701. The number of hydrogen-bond acceptors (Lipinski definition) is 12. The van der Waals surface area contributed by atoms with Crippen molar-refractivity contribution in [2.24, 2.45) is 0 Å². The van der Waals surface area contributed by atoms with Crippen molar-refractivity contribution in [3.8, 4) is 22.3 Å². The van der Waals surface area contributed by atoms with Crippen LogP contribution in [0.25, 0.3) is 66.5 Å². The summed E-state index contributed by atoms with van der Waals surface area (Å²) < 4.78 is 72.9. The number of rotatable bonds is 8. The quantitative estimate of drug-likeness (QED) is 0.144. The fourth-order valence-electron chi connectivity index (χ4n) is 7.88. The monoisotopic (exact) mass is 880 g/mol. The lowest BCUT2D eigenvalue weighted by Gasteiger charge is -2.18. The summed E-state index contributed by atoms with van der Waals surface area (Å²) in [6, 6.07) is 18.4. The summed E-state index contributed by atoms with van der Waals surface area (Å²) in [7, 11) is 5.43. The summed E-state index contributed by atoms with van der Waals surface area (Å²) in [5.41, 5.74) is 1.99. The van der Waals surface area contributed by atoms with Crippen LogP contribution in [0, 0.1) is 23.3 Å². The first-order chi connectivity index (χ1) is 31.4. The molecule has 6 heterocycles. The van der Waals surface area contributed by atoms with Gasteiger partial charge in [-0.2, -0.15) is 0 Å². The highest BCUT2D eigenvalue weighted by atomic mass is 19.1. The molecule has 0 saturated heterocycles. The van der Waals surface area contributed by atoms with Gasteiger partial charge in [0.2, 0.25) is 10.9 Å². The third kappa shape index (κ3) is 7.37. The van der Waals surface area contributed by atoms with Crippen LogP contribution in [0.15, 0.2) is 129 Å². The number of hydrogen-bond donors (Lipinski definition) is 1. The summed E-state index contributed by atoms with van der Waals surface area (Å²) in [6.45, 7) is 3.61. The van der Waals surface area contributed by atoms with Crippen LogP contribution in [0.4, 0.5) is 29.2 Å². The topological polar surface area (TPSA) is 163 Å². The number of nitrogens with zero attached hydrogens (tertiary/aromatic N) is 9. The van der Waals surface area contributed by atoms with E-state index in [-0.39, 0.29) is 44.6 Å². The minimum Gasteiger partial charge on any atom is -0.458 e. The van der Waals surface area contributed by atoms with Crippen LogP contribution in [-0.2, 0) is 0 Å². The first-order valence-corrected chi connectivity index (χ1v) is 20.1. The third-order valence-corrected chi connectivity index (χ3v) is 11.0. The van der Waals surface area contributed by atoms with Crippen molar-refractivity contribution in [1.29, 1.82) is 0 Å². The Bertz CT molecular complexity index is 3590. The van der Waals surface area contributed by atoms with Gasteiger partial charge in [0, 0.05) is 21.1 Å². The molecule has 65 heavy (non-hydrogen) atoms. The first-order valence-electron chi connectivity index (χ1n) is 20.1. The molecule has 0 saturated carbocycles. The van der Waals surface area contributed by atoms with E-state index in [0.717, 1.165) is 0 Å². The zero-order chi connectivity index (χ0) is 45.7. The van der Waals surface area contributed by atoms with Crippen LogP contribution in [0.2, 0.25) is 0 Å². The van der Waals surface area contributed by atoms with Gasteiger partial charge in [0.15, 0.2) is 28.4 Å². The van der Waals surface area contributed by atoms with Gasteiger partial charge in [0.05, 0.1) is 35.9 Å². The molecule has 0 amide bonds. The second-order valence-corrected chi connectivity index (χ2v) is 15.2. The molecule has 0 aliphatic carbocycles. The molecule has 10 aromatic rings. The highest BCUT2D eigenvalue weighted by Gasteiger charge is 2.28. The van der Waals surface area contributed by atoms with Gasteiger partial charge in [0.25, 0.3) is 0 Å². The molecule has 0 aliphatic rings. The molecule has 6 aromatic heterocycles. The molecule has 0 radical (unpaired) electrons. The number of benzene rings is 4. The lowest BCUT2D eigenvalue weighted by atomic mass is 9.99. The van der Waals surface area contributed by atoms with Crippen molar-refractivity contribution >= 4 is 55.9 Å². The lowest BCUT2D eigenvalue weighted by Crippen LogP contribution is -2.16. The highest BCUT2D eigenvalue weighted by Crippen LogP contribution is 2.36. The molecule has 2 atom stereocenters. The molecular formula is C47H36F4N10O4. The van der Waals surface area contributed by atoms with E-state index in [4.69, 9.17) is 8.83 Å². The zero-order valence-electron chi connectivity index (χ0n) is 35.2. The number of imidazole rings is 2. The van der Waals surface area contributed by atoms with E-state index < -0.39 is 46.2 Å². The van der Waals surface area contributed by atoms with E-state index in [9.17, 15) is 27.2 Å². The van der Waals surface area contributed by atoms with E-state index >= 15 is 0 Å². The van der Waals surface area contributed by atoms with Crippen LogP contribution >= 0.6 is 0 Å². The number of anilines is 2. The Balaban J connectivity index is 0.000000164. The van der Waals surface area contributed by atoms with Crippen molar-refractivity contribution in [3.05, 3.63) is 165 Å². The SMILES string of the molecule is CC(c1oc2cccc(F)c2c(=O)c1-c1cccc(F)c1)n1cnc2c(N(C)C)ncnc21.CNc1ncnc2c1ncn2C(C)c1oc2cccc(F)c2c(=O)c1-c1cccc(F)c1. The van der Waals surface area contributed by atoms with Gasteiger partial charge in [-0.15, -0.1) is 0 Å². The van der Waals surface area contributed by atoms with Gasteiger partial charge in [-0.1, -0.05) is 36.4 Å². The van der Waals surface area contributed by atoms with Crippen molar-refractivity contribution in [2.45, 2.75) is 25.9 Å². The third-order valence-electron chi connectivity index (χ3n) is 11.0. The molecule has 0 bridgehead atoms. The summed E-state index contributed by atoms with van der Waals surface area (Å²) in [5, 5.41) is 2.60. The average Bonchev–Trinajstić information content (AvgIpc) is 3.94. The predicted molar refractivity (Wildman–Crippen MR) is 238 cm³/mol. The van der Waals surface area contributed by atoms with Crippen LogP contribution in [-0.4, -0.2) is 60.2 Å². The number of nitrogens with one attached hydrogen (secondary N) is 1. The average molecular weight is 881 g/mol. The van der Waals surface area contributed by atoms with Crippen molar-refractivity contribution < 1.29 is 26.4 Å². The number of aromatic nitrogens is 8. The van der Waals surface area contributed by atoms with E-state index in [2.05, 4.69) is 35.2 Å². The molecule has 0 fully saturated rings. The molecule has 326 valence electrons. The molecule has 18 heteroatoms. The smallest absolute Gasteiger partial charge is 0.203 e. The summed E-state index contributed by atoms with van der Waals surface area (Å²) in [4.78, 5) is 54.7. The molecule has 0 spiro atoms. The van der Waals surface area contributed by atoms with Gasteiger partial charge in [-0.3, -0.25) is 9.59 Å². The second-order valence-electron chi connectivity index (χ2n) is 15.2. The minimum absolute atomic E-state index is 0.0827. The van der Waals surface area contributed by atoms with E-state index in [1.54, 1.807) is 47.9 Å². The maximum absolute atomic E-state index is 14.6. The highest BCUT2D eigenvalue weighted by molar-refractivity contribution is 5.87. The Kier molecular flexibility index (Phi) is 10.9. The lowest BCUT2D eigenvalue weighted by molar-refractivity contribution is 0.466. The maximum Gasteiger partial charge on any atom is 0.203 e. The van der Waals surface area contributed by atoms with E-state index in [0.29, 0.717) is 45.1 Å². The van der Waals surface area contributed by atoms with Gasteiger partial charge in [-0.05, 0) is 73.5 Å². The fraction of sp³-hybridized carbons (Fsp3) is 0.149. The van der Waals surface area contributed by atoms with Crippen LogP contribution < -0.4 is 21.1 Å². The molecular weight excluding hydrogens is 845 g/mol. The molecule has 2 unspecified atom stereocenters. The normalized spacial score (nSPS) is 12.4. The Morgan fingerprint density at radius 2 is 1.06 bits per heavy atom. The Labute approximate surface area is 365 Å². The van der Waals surface area contributed by atoms with Crippen LogP contribution in [0.3, 0.4) is 0 Å².